The highest BCUT2D eigenvalue weighted by Crippen LogP contribution is 2.29. The van der Waals surface area contributed by atoms with E-state index in [-0.39, 0.29) is 24.8 Å². The molecule has 0 radical (unpaired) electrons. The van der Waals surface area contributed by atoms with Crippen LogP contribution in [0, 0.1) is 5.82 Å². The molecule has 1 fully saturated rings. The minimum atomic E-state index is -0.682. The average molecular weight is 600 g/mol. The molecule has 0 saturated carbocycles. The maximum Gasteiger partial charge on any atom is 0.255 e. The lowest BCUT2D eigenvalue weighted by molar-refractivity contribution is -0.136. The van der Waals surface area contributed by atoms with Crippen LogP contribution in [-0.4, -0.2) is 62.1 Å². The lowest BCUT2D eigenvalue weighted by Gasteiger charge is -2.29. The SMILES string of the molecule is CCOCCn1nnnc1C(NCc1ccc2c(c1)C(=O)N(C1CCC(=O)NC1=O)C2)c1ccc(Br)cc1F. The molecule has 2 aliphatic rings. The van der Waals surface area contributed by atoms with Crippen molar-refractivity contribution in [3.05, 3.63) is 74.8 Å². The molecule has 1 aromatic heterocycles. The van der Waals surface area contributed by atoms with Gasteiger partial charge in [-0.3, -0.25) is 25.0 Å². The summed E-state index contributed by atoms with van der Waals surface area (Å²) in [5.74, 6) is -1.02. The fraction of sp³-hybridized carbons (Fsp3) is 0.385. The van der Waals surface area contributed by atoms with E-state index in [1.54, 1.807) is 22.9 Å². The number of nitrogens with zero attached hydrogens (tertiary/aromatic N) is 5. The van der Waals surface area contributed by atoms with Crippen LogP contribution in [0.15, 0.2) is 40.9 Å². The van der Waals surface area contributed by atoms with Crippen molar-refractivity contribution < 1.29 is 23.5 Å². The van der Waals surface area contributed by atoms with Crippen LogP contribution in [-0.2, 0) is 34.0 Å². The second kappa shape index (κ2) is 11.7. The maximum absolute atomic E-state index is 15.1. The number of hydrogen-bond acceptors (Lipinski definition) is 8. The largest absolute Gasteiger partial charge is 0.380 e. The smallest absolute Gasteiger partial charge is 0.255 e. The van der Waals surface area contributed by atoms with Gasteiger partial charge in [0.1, 0.15) is 11.9 Å². The Balaban J connectivity index is 1.36. The second-order valence-electron chi connectivity index (χ2n) is 9.33. The van der Waals surface area contributed by atoms with Crippen LogP contribution in [0.3, 0.4) is 0 Å². The fourth-order valence-corrected chi connectivity index (χ4v) is 5.21. The molecule has 2 atom stereocenters. The minimum absolute atomic E-state index is 0.198. The highest BCUT2D eigenvalue weighted by atomic mass is 79.9. The van der Waals surface area contributed by atoms with Gasteiger partial charge < -0.3 is 9.64 Å². The third-order valence-corrected chi connectivity index (χ3v) is 7.34. The molecular formula is C26H27BrFN7O4. The Morgan fingerprint density at radius 1 is 1.23 bits per heavy atom. The molecule has 2 aliphatic heterocycles. The first-order chi connectivity index (χ1) is 18.9. The molecule has 3 aromatic rings. The highest BCUT2D eigenvalue weighted by molar-refractivity contribution is 9.10. The van der Waals surface area contributed by atoms with Gasteiger partial charge in [0.15, 0.2) is 5.82 Å². The Kier molecular flexibility index (Phi) is 8.10. The van der Waals surface area contributed by atoms with Crippen molar-refractivity contribution in [3.63, 3.8) is 0 Å². The van der Waals surface area contributed by atoms with E-state index in [2.05, 4.69) is 42.1 Å². The summed E-state index contributed by atoms with van der Waals surface area (Å²) in [4.78, 5) is 38.6. The average Bonchev–Trinajstić information content (AvgIpc) is 3.50. The standard InChI is InChI=1S/C26H27BrFN7O4/c1-2-39-10-9-35-24(31-32-33-35)23(18-6-5-17(27)12-20(18)28)29-13-15-3-4-16-14-34(26(38)19(16)11-15)21-7-8-22(36)30-25(21)37/h3-6,11-12,21,23,29H,2,7-10,13-14H2,1H3,(H,30,36,37). The fourth-order valence-electron chi connectivity index (χ4n) is 4.88. The molecule has 2 aromatic carbocycles. The zero-order valence-corrected chi connectivity index (χ0v) is 22.8. The number of carbonyl (C=O) groups is 3. The van der Waals surface area contributed by atoms with Gasteiger partial charge in [-0.25, -0.2) is 9.07 Å². The Labute approximate surface area is 232 Å². The minimum Gasteiger partial charge on any atom is -0.380 e. The number of hydrogen-bond donors (Lipinski definition) is 2. The number of imide groups is 1. The molecule has 0 spiro atoms. The molecule has 11 nitrogen and oxygen atoms in total. The van der Waals surface area contributed by atoms with Gasteiger partial charge in [-0.15, -0.1) is 5.10 Å². The Morgan fingerprint density at radius 2 is 2.08 bits per heavy atom. The van der Waals surface area contributed by atoms with E-state index < -0.39 is 23.8 Å². The molecule has 2 unspecified atom stereocenters. The third kappa shape index (κ3) is 5.75. The van der Waals surface area contributed by atoms with Gasteiger partial charge in [-0.05, 0) is 53.1 Å². The number of benzene rings is 2. The van der Waals surface area contributed by atoms with Gasteiger partial charge in [-0.1, -0.05) is 34.1 Å². The Hall–Kier alpha value is -3.55. The summed E-state index contributed by atoms with van der Waals surface area (Å²) in [6.45, 7) is 3.84. The first-order valence-electron chi connectivity index (χ1n) is 12.6. The molecule has 0 bridgehead atoms. The molecule has 2 N–H and O–H groups in total. The Morgan fingerprint density at radius 3 is 2.85 bits per heavy atom. The Bertz CT molecular complexity index is 1410. The zero-order chi connectivity index (χ0) is 27.5. The van der Waals surface area contributed by atoms with Gasteiger partial charge >= 0.3 is 0 Å². The van der Waals surface area contributed by atoms with E-state index in [4.69, 9.17) is 4.74 Å². The number of rotatable bonds is 10. The highest BCUT2D eigenvalue weighted by Gasteiger charge is 2.39. The predicted octanol–water partition coefficient (Wildman–Crippen LogP) is 2.25. The van der Waals surface area contributed by atoms with Crippen LogP contribution in [0.2, 0.25) is 0 Å². The molecule has 3 amide bonds. The van der Waals surface area contributed by atoms with E-state index in [0.717, 1.165) is 11.1 Å². The molecule has 5 rings (SSSR count). The number of piperidine rings is 1. The van der Waals surface area contributed by atoms with Crippen LogP contribution in [0.1, 0.15) is 58.7 Å². The number of ether oxygens (including phenoxy) is 1. The third-order valence-electron chi connectivity index (χ3n) is 6.85. The summed E-state index contributed by atoms with van der Waals surface area (Å²) in [6.07, 6.45) is 0.501. The van der Waals surface area contributed by atoms with Crippen molar-refractivity contribution in [2.75, 3.05) is 13.2 Å². The van der Waals surface area contributed by atoms with Crippen molar-refractivity contribution in [2.45, 2.75) is 51.5 Å². The van der Waals surface area contributed by atoms with Crippen molar-refractivity contribution in [2.24, 2.45) is 0 Å². The summed E-state index contributed by atoms with van der Waals surface area (Å²) in [6, 6.07) is 8.97. The molecule has 13 heteroatoms. The first-order valence-corrected chi connectivity index (χ1v) is 13.4. The number of aromatic nitrogens is 4. The second-order valence-corrected chi connectivity index (χ2v) is 10.2. The molecular weight excluding hydrogens is 573 g/mol. The van der Waals surface area contributed by atoms with Crippen LogP contribution in [0.5, 0.6) is 0 Å². The number of fused-ring (bicyclic) bond motifs is 1. The van der Waals surface area contributed by atoms with Crippen molar-refractivity contribution in [3.8, 4) is 0 Å². The number of nitrogens with one attached hydrogen (secondary N) is 2. The van der Waals surface area contributed by atoms with E-state index in [1.807, 2.05) is 19.1 Å². The van der Waals surface area contributed by atoms with Crippen LogP contribution in [0.25, 0.3) is 0 Å². The molecule has 1 saturated heterocycles. The summed E-state index contributed by atoms with van der Waals surface area (Å²) in [5.41, 5.74) is 2.48. The molecule has 204 valence electrons. The number of tetrazole rings is 1. The summed E-state index contributed by atoms with van der Waals surface area (Å²) in [5, 5.41) is 17.7. The predicted molar refractivity (Wildman–Crippen MR) is 140 cm³/mol. The summed E-state index contributed by atoms with van der Waals surface area (Å²) < 4.78 is 22.7. The number of carbonyl (C=O) groups excluding carboxylic acids is 3. The lowest BCUT2D eigenvalue weighted by Crippen LogP contribution is -2.52. The number of amides is 3. The van der Waals surface area contributed by atoms with E-state index in [9.17, 15) is 14.4 Å². The molecule has 0 aliphatic carbocycles. The van der Waals surface area contributed by atoms with Crippen molar-refractivity contribution >= 4 is 33.7 Å². The number of halogens is 2. The van der Waals surface area contributed by atoms with Gasteiger partial charge in [0.25, 0.3) is 5.91 Å². The van der Waals surface area contributed by atoms with Gasteiger partial charge in [0.2, 0.25) is 11.8 Å². The lowest BCUT2D eigenvalue weighted by atomic mass is 10.0. The zero-order valence-electron chi connectivity index (χ0n) is 21.2. The van der Waals surface area contributed by atoms with Crippen molar-refractivity contribution in [1.29, 1.82) is 0 Å². The van der Waals surface area contributed by atoms with Crippen molar-refractivity contribution in [1.82, 2.24) is 35.7 Å². The van der Waals surface area contributed by atoms with E-state index in [0.29, 0.717) is 54.1 Å². The van der Waals surface area contributed by atoms with Gasteiger partial charge in [0, 0.05) is 41.7 Å². The topological polar surface area (TPSA) is 131 Å². The monoisotopic (exact) mass is 599 g/mol. The van der Waals surface area contributed by atoms with Gasteiger partial charge in [0.05, 0.1) is 19.2 Å². The van der Waals surface area contributed by atoms with Crippen LogP contribution >= 0.6 is 15.9 Å². The quantitative estimate of drug-likeness (QED) is 0.268. The van der Waals surface area contributed by atoms with Crippen LogP contribution in [0.4, 0.5) is 4.39 Å². The molecule has 39 heavy (non-hydrogen) atoms. The first kappa shape index (κ1) is 27.0. The molecule has 3 heterocycles. The van der Waals surface area contributed by atoms with E-state index >= 15 is 4.39 Å². The maximum atomic E-state index is 15.1. The summed E-state index contributed by atoms with van der Waals surface area (Å²) >= 11 is 3.30. The summed E-state index contributed by atoms with van der Waals surface area (Å²) in [7, 11) is 0. The van der Waals surface area contributed by atoms with Gasteiger partial charge in [-0.2, -0.15) is 0 Å². The van der Waals surface area contributed by atoms with Crippen LogP contribution < -0.4 is 10.6 Å². The van der Waals surface area contributed by atoms with E-state index in [1.165, 1.54) is 11.0 Å². The normalized spacial score (nSPS) is 17.9.